The van der Waals surface area contributed by atoms with Gasteiger partial charge < -0.3 is 21.1 Å². The van der Waals surface area contributed by atoms with E-state index in [1.165, 1.54) is 84.1 Å². The van der Waals surface area contributed by atoms with Crippen molar-refractivity contribution in [1.82, 2.24) is 16.0 Å². The van der Waals surface area contributed by atoms with E-state index in [1.54, 1.807) is 0 Å². The Morgan fingerprint density at radius 1 is 0.822 bits per heavy atom. The second-order valence-corrected chi connectivity index (χ2v) is 16.7. The predicted molar refractivity (Wildman–Crippen MR) is 182 cm³/mol. The standard InChI is InChI=1S/C38H67N3O4/c1-25(2)10-9-11-26(3)30-15-16-31-29-14-13-27-24-28(19-21-37(27,4)32(29)20-22-38(30,31)5)40-23-8-7-12-34(42)41-33(36(45)39-6)17-18-35(43)44/h25-33,40H,7-24H2,1-6H3,(H,39,45)(H,41,42)(H,43,44)/t26-,27+,28+,29?,30?,31+,32?,33+,37?,38?/m1/s1. The van der Waals surface area contributed by atoms with E-state index in [4.69, 9.17) is 5.11 Å². The van der Waals surface area contributed by atoms with Crippen LogP contribution in [-0.2, 0) is 14.4 Å². The number of nitrogens with one attached hydrogen (secondary N) is 3. The highest BCUT2D eigenvalue weighted by molar-refractivity contribution is 5.87. The SMILES string of the molecule is CNC(=O)[C@H](CCC(=O)O)NC(=O)CCCCN[C@H]1CCC2(C)C3CCC4(C)C([C@H](C)CCCC(C)C)CC[C@H]4C3CC[C@H]2C1. The van der Waals surface area contributed by atoms with Gasteiger partial charge in [-0.1, -0.05) is 53.9 Å². The molecule has 0 heterocycles. The van der Waals surface area contributed by atoms with Crippen molar-refractivity contribution in [3.05, 3.63) is 0 Å². The van der Waals surface area contributed by atoms with Crippen LogP contribution in [0, 0.1) is 52.3 Å². The van der Waals surface area contributed by atoms with Crippen molar-refractivity contribution in [2.24, 2.45) is 52.3 Å². The fraction of sp³-hybridized carbons (Fsp3) is 0.921. The lowest BCUT2D eigenvalue weighted by Crippen LogP contribution is -2.55. The lowest BCUT2D eigenvalue weighted by Gasteiger charge is -2.61. The van der Waals surface area contributed by atoms with Crippen molar-refractivity contribution in [1.29, 1.82) is 0 Å². The average Bonchev–Trinajstić information content (AvgIpc) is 3.35. The summed E-state index contributed by atoms with van der Waals surface area (Å²) in [5.74, 6) is 4.78. The number of carboxylic acid groups (broad SMARTS) is 1. The van der Waals surface area contributed by atoms with Gasteiger partial charge in [-0.25, -0.2) is 0 Å². The summed E-state index contributed by atoms with van der Waals surface area (Å²) in [6.45, 7) is 13.6. The fourth-order valence-corrected chi connectivity index (χ4v) is 11.2. The first-order valence-corrected chi connectivity index (χ1v) is 18.8. The normalized spacial score (nSPS) is 35.5. The molecule has 4 saturated carbocycles. The monoisotopic (exact) mass is 630 g/mol. The van der Waals surface area contributed by atoms with Crippen molar-refractivity contribution in [3.8, 4) is 0 Å². The number of hydrogen-bond acceptors (Lipinski definition) is 4. The van der Waals surface area contributed by atoms with Gasteiger partial charge in [-0.15, -0.1) is 0 Å². The number of carbonyl (C=O) groups is 3. The van der Waals surface area contributed by atoms with Crippen LogP contribution in [0.25, 0.3) is 0 Å². The van der Waals surface area contributed by atoms with Crippen LogP contribution in [0.2, 0.25) is 0 Å². The number of amides is 2. The van der Waals surface area contributed by atoms with E-state index in [0.717, 1.165) is 60.8 Å². The van der Waals surface area contributed by atoms with Gasteiger partial charge in [-0.3, -0.25) is 14.4 Å². The summed E-state index contributed by atoms with van der Waals surface area (Å²) in [7, 11) is 1.50. The van der Waals surface area contributed by atoms with Gasteiger partial charge in [-0.2, -0.15) is 0 Å². The predicted octanol–water partition coefficient (Wildman–Crippen LogP) is 7.33. The number of aliphatic carboxylic acids is 1. The Morgan fingerprint density at radius 3 is 2.27 bits per heavy atom. The molecule has 4 fully saturated rings. The zero-order valence-corrected chi connectivity index (χ0v) is 29.6. The van der Waals surface area contributed by atoms with Crippen molar-refractivity contribution < 1.29 is 19.5 Å². The number of carbonyl (C=O) groups excluding carboxylic acids is 2. The van der Waals surface area contributed by atoms with Crippen molar-refractivity contribution in [3.63, 3.8) is 0 Å². The summed E-state index contributed by atoms with van der Waals surface area (Å²) in [5.41, 5.74) is 1.07. The highest BCUT2D eigenvalue weighted by atomic mass is 16.4. The van der Waals surface area contributed by atoms with Gasteiger partial charge in [0.2, 0.25) is 11.8 Å². The van der Waals surface area contributed by atoms with E-state index in [-0.39, 0.29) is 24.7 Å². The molecular weight excluding hydrogens is 562 g/mol. The van der Waals surface area contributed by atoms with E-state index < -0.39 is 12.0 Å². The van der Waals surface area contributed by atoms with E-state index in [0.29, 0.717) is 23.3 Å². The molecule has 10 atom stereocenters. The maximum Gasteiger partial charge on any atom is 0.303 e. The van der Waals surface area contributed by atoms with Crippen LogP contribution in [0.1, 0.15) is 144 Å². The third-order valence-corrected chi connectivity index (χ3v) is 13.7. The smallest absolute Gasteiger partial charge is 0.303 e. The van der Waals surface area contributed by atoms with Crippen LogP contribution in [0.5, 0.6) is 0 Å². The molecule has 0 radical (unpaired) electrons. The van der Waals surface area contributed by atoms with E-state index in [1.807, 2.05) is 0 Å². The Bertz CT molecular complexity index is 1000. The zero-order valence-electron chi connectivity index (χ0n) is 29.6. The highest BCUT2D eigenvalue weighted by Crippen LogP contribution is 2.68. The number of hydrogen-bond donors (Lipinski definition) is 4. The van der Waals surface area contributed by atoms with Crippen molar-refractivity contribution in [2.75, 3.05) is 13.6 Å². The number of carboxylic acids is 1. The van der Waals surface area contributed by atoms with Crippen LogP contribution in [0.15, 0.2) is 0 Å². The van der Waals surface area contributed by atoms with Gasteiger partial charge in [0, 0.05) is 25.9 Å². The maximum absolute atomic E-state index is 12.4. The molecule has 258 valence electrons. The zero-order chi connectivity index (χ0) is 32.8. The fourth-order valence-electron chi connectivity index (χ4n) is 11.2. The molecule has 0 saturated heterocycles. The summed E-state index contributed by atoms with van der Waals surface area (Å²) in [4.78, 5) is 35.4. The minimum Gasteiger partial charge on any atom is -0.481 e. The van der Waals surface area contributed by atoms with Crippen LogP contribution in [0.4, 0.5) is 0 Å². The summed E-state index contributed by atoms with van der Waals surface area (Å²) in [5, 5.41) is 18.0. The number of unbranched alkanes of at least 4 members (excludes halogenated alkanes) is 1. The van der Waals surface area contributed by atoms with E-state index in [2.05, 4.69) is 50.6 Å². The first-order chi connectivity index (χ1) is 21.4. The molecule has 4 aliphatic carbocycles. The topological polar surface area (TPSA) is 108 Å². The Labute approximate surface area is 274 Å². The Balaban J connectivity index is 1.20. The molecule has 0 spiro atoms. The first-order valence-electron chi connectivity index (χ1n) is 18.8. The van der Waals surface area contributed by atoms with E-state index in [9.17, 15) is 14.4 Å². The average molecular weight is 630 g/mol. The molecule has 4 N–H and O–H groups in total. The third-order valence-electron chi connectivity index (χ3n) is 13.7. The first kappa shape index (κ1) is 36.2. The van der Waals surface area contributed by atoms with Gasteiger partial charge in [0.25, 0.3) is 0 Å². The quantitative estimate of drug-likeness (QED) is 0.134. The third kappa shape index (κ3) is 8.65. The molecular formula is C38H67N3O4. The molecule has 7 heteroatoms. The highest BCUT2D eigenvalue weighted by Gasteiger charge is 2.60. The molecule has 2 amide bonds. The molecule has 7 nitrogen and oxygen atoms in total. The molecule has 0 bridgehead atoms. The maximum atomic E-state index is 12.4. The minimum atomic E-state index is -0.970. The van der Waals surface area contributed by atoms with Gasteiger partial charge >= 0.3 is 5.97 Å². The molecule has 4 aliphatic rings. The second-order valence-electron chi connectivity index (χ2n) is 16.7. The summed E-state index contributed by atoms with van der Waals surface area (Å²) in [6.07, 6.45) is 18.8. The van der Waals surface area contributed by atoms with Crippen LogP contribution >= 0.6 is 0 Å². The minimum absolute atomic E-state index is 0.101. The van der Waals surface area contributed by atoms with Gasteiger partial charge in [0.15, 0.2) is 0 Å². The number of rotatable bonds is 16. The molecule has 0 aliphatic heterocycles. The number of likely N-dealkylation sites (N-methyl/N-ethyl adjacent to an activating group) is 1. The lowest BCUT2D eigenvalue weighted by molar-refractivity contribution is -0.138. The van der Waals surface area contributed by atoms with E-state index >= 15 is 0 Å². The largest absolute Gasteiger partial charge is 0.481 e. The lowest BCUT2D eigenvalue weighted by atomic mass is 9.44. The van der Waals surface area contributed by atoms with Crippen molar-refractivity contribution >= 4 is 17.8 Å². The van der Waals surface area contributed by atoms with Crippen LogP contribution < -0.4 is 16.0 Å². The summed E-state index contributed by atoms with van der Waals surface area (Å²) in [6, 6.07) is -0.210. The molecule has 5 unspecified atom stereocenters. The second kappa shape index (κ2) is 16.0. The molecule has 0 aromatic rings. The Morgan fingerprint density at radius 2 is 1.56 bits per heavy atom. The molecule has 0 aromatic heterocycles. The van der Waals surface area contributed by atoms with Crippen LogP contribution in [0.3, 0.4) is 0 Å². The number of fused-ring (bicyclic) bond motifs is 5. The Kier molecular flexibility index (Phi) is 12.9. The Hall–Kier alpha value is -1.63. The summed E-state index contributed by atoms with van der Waals surface area (Å²) < 4.78 is 0. The molecule has 0 aromatic carbocycles. The van der Waals surface area contributed by atoms with Crippen LogP contribution in [-0.4, -0.2) is 48.6 Å². The summed E-state index contributed by atoms with van der Waals surface area (Å²) >= 11 is 0. The van der Waals surface area contributed by atoms with Gasteiger partial charge in [-0.05, 0) is 136 Å². The molecule has 4 rings (SSSR count). The molecule has 45 heavy (non-hydrogen) atoms. The van der Waals surface area contributed by atoms with Gasteiger partial charge in [0.05, 0.1) is 0 Å². The van der Waals surface area contributed by atoms with Crippen molar-refractivity contribution in [2.45, 2.75) is 156 Å². The van der Waals surface area contributed by atoms with Gasteiger partial charge in [0.1, 0.15) is 6.04 Å².